The molecule has 2 aromatic carbocycles. The minimum Gasteiger partial charge on any atom is -0.545 e. The molecule has 1 saturated carbocycles. The van der Waals surface area contributed by atoms with Crippen LogP contribution in [0.5, 0.6) is 0 Å². The molecular formula is C25H21N2O4-. The molecule has 0 spiro atoms. The first kappa shape index (κ1) is 19.4. The van der Waals surface area contributed by atoms with Gasteiger partial charge in [-0.1, -0.05) is 36.6 Å². The number of rotatable bonds is 3. The van der Waals surface area contributed by atoms with Crippen LogP contribution in [0.4, 0.5) is 5.69 Å². The molecular weight excluding hydrogens is 392 g/mol. The molecule has 0 unspecified atom stereocenters. The normalized spacial score (nSPS) is 20.9. The van der Waals surface area contributed by atoms with Crippen LogP contribution in [0.2, 0.25) is 0 Å². The van der Waals surface area contributed by atoms with Gasteiger partial charge in [-0.05, 0) is 50.1 Å². The number of aryl methyl sites for hydroxylation is 1. The molecule has 5 rings (SSSR count). The zero-order chi connectivity index (χ0) is 21.7. The highest BCUT2D eigenvalue weighted by Crippen LogP contribution is 2.40. The third kappa shape index (κ3) is 3.19. The maximum Gasteiger partial charge on any atom is 0.237 e. The van der Waals surface area contributed by atoms with Crippen LogP contribution >= 0.6 is 0 Å². The van der Waals surface area contributed by atoms with Gasteiger partial charge in [-0.2, -0.15) is 0 Å². The van der Waals surface area contributed by atoms with Gasteiger partial charge in [0.15, 0.2) is 0 Å². The van der Waals surface area contributed by atoms with E-state index in [1.165, 1.54) is 11.0 Å². The maximum atomic E-state index is 12.8. The Bertz CT molecular complexity index is 1210. The van der Waals surface area contributed by atoms with Crippen LogP contribution in [0.25, 0.3) is 22.2 Å². The van der Waals surface area contributed by atoms with E-state index in [2.05, 4.69) is 4.98 Å². The smallest absolute Gasteiger partial charge is 0.237 e. The first-order chi connectivity index (χ1) is 14.9. The maximum absolute atomic E-state index is 12.8. The monoisotopic (exact) mass is 413 g/mol. The van der Waals surface area contributed by atoms with Crippen LogP contribution in [-0.4, -0.2) is 22.8 Å². The molecule has 0 radical (unpaired) electrons. The summed E-state index contributed by atoms with van der Waals surface area (Å²) in [6, 6.07) is 13.9. The lowest BCUT2D eigenvalue weighted by molar-refractivity contribution is -0.254. The van der Waals surface area contributed by atoms with Gasteiger partial charge in [-0.15, -0.1) is 0 Å². The number of fused-ring (bicyclic) bond motifs is 2. The number of carboxylic acid groups (broad SMARTS) is 1. The van der Waals surface area contributed by atoms with Gasteiger partial charge < -0.3 is 9.90 Å². The number of amides is 2. The van der Waals surface area contributed by atoms with Crippen molar-refractivity contribution >= 4 is 34.4 Å². The summed E-state index contributed by atoms with van der Waals surface area (Å²) in [5.74, 6) is -1.87. The molecule has 2 amide bonds. The second-order valence-electron chi connectivity index (χ2n) is 8.42. The number of hydrogen-bond acceptors (Lipinski definition) is 5. The lowest BCUT2D eigenvalue weighted by atomic mass is 9.81. The van der Waals surface area contributed by atoms with E-state index >= 15 is 0 Å². The highest BCUT2D eigenvalue weighted by Gasteiger charge is 2.48. The number of carboxylic acids is 1. The van der Waals surface area contributed by atoms with Crippen LogP contribution < -0.4 is 10.0 Å². The van der Waals surface area contributed by atoms with Crippen molar-refractivity contribution in [1.29, 1.82) is 0 Å². The SMILES string of the molecule is Cc1ccc2nc(-c3ccc(N4C(=O)[C@@H]5CCCC[C@H]5C4=O)cc3)cc(C(=O)[O-])c2c1. The van der Waals surface area contributed by atoms with E-state index in [-0.39, 0.29) is 29.2 Å². The topological polar surface area (TPSA) is 90.4 Å². The molecule has 6 nitrogen and oxygen atoms in total. The van der Waals surface area contributed by atoms with Gasteiger partial charge in [0, 0.05) is 16.5 Å². The predicted molar refractivity (Wildman–Crippen MR) is 114 cm³/mol. The summed E-state index contributed by atoms with van der Waals surface area (Å²) < 4.78 is 0. The molecule has 3 aromatic rings. The molecule has 31 heavy (non-hydrogen) atoms. The van der Waals surface area contributed by atoms with E-state index in [1.54, 1.807) is 36.4 Å². The quantitative estimate of drug-likeness (QED) is 0.615. The highest BCUT2D eigenvalue weighted by atomic mass is 16.4. The summed E-state index contributed by atoms with van der Waals surface area (Å²) in [5.41, 5.74) is 3.33. The fraction of sp³-hybridized carbons (Fsp3) is 0.280. The Morgan fingerprint density at radius 3 is 2.23 bits per heavy atom. The third-order valence-electron chi connectivity index (χ3n) is 6.45. The van der Waals surface area contributed by atoms with E-state index in [0.717, 1.165) is 31.2 Å². The minimum atomic E-state index is -1.26. The number of benzene rings is 2. The van der Waals surface area contributed by atoms with Gasteiger partial charge in [-0.25, -0.2) is 4.98 Å². The van der Waals surface area contributed by atoms with Crippen molar-refractivity contribution in [3.63, 3.8) is 0 Å². The van der Waals surface area contributed by atoms with E-state index in [4.69, 9.17) is 0 Å². The number of pyridine rings is 1. The molecule has 1 aromatic heterocycles. The van der Waals surface area contributed by atoms with Crippen molar-refractivity contribution < 1.29 is 19.5 Å². The molecule has 1 saturated heterocycles. The third-order valence-corrected chi connectivity index (χ3v) is 6.45. The number of nitrogens with zero attached hydrogens (tertiary/aromatic N) is 2. The van der Waals surface area contributed by atoms with Gasteiger partial charge in [0.25, 0.3) is 0 Å². The van der Waals surface area contributed by atoms with Crippen LogP contribution in [0, 0.1) is 18.8 Å². The molecule has 1 aliphatic heterocycles. The van der Waals surface area contributed by atoms with Crippen molar-refractivity contribution in [2.75, 3.05) is 4.90 Å². The number of imide groups is 1. The standard InChI is InChI=1S/C25H22N2O4/c1-14-6-11-21-19(12-14)20(25(30)31)13-22(26-21)15-7-9-16(10-8-15)27-23(28)17-4-2-3-5-18(17)24(27)29/h6-13,17-18H,2-5H2,1H3,(H,30,31)/p-1/t17-,18-/m1/s1. The van der Waals surface area contributed by atoms with Crippen LogP contribution in [0.3, 0.4) is 0 Å². The van der Waals surface area contributed by atoms with Gasteiger partial charge in [0.1, 0.15) is 0 Å². The zero-order valence-corrected chi connectivity index (χ0v) is 17.1. The molecule has 2 aliphatic rings. The summed E-state index contributed by atoms with van der Waals surface area (Å²) in [7, 11) is 0. The van der Waals surface area contributed by atoms with Crippen LogP contribution in [-0.2, 0) is 9.59 Å². The summed E-state index contributed by atoms with van der Waals surface area (Å²) in [6.07, 6.45) is 3.52. The van der Waals surface area contributed by atoms with Crippen molar-refractivity contribution in [1.82, 2.24) is 4.98 Å². The summed E-state index contributed by atoms with van der Waals surface area (Å²) in [5, 5.41) is 12.3. The molecule has 156 valence electrons. The molecule has 0 N–H and O–H groups in total. The fourth-order valence-electron chi connectivity index (χ4n) is 4.85. The Kier molecular flexibility index (Phi) is 4.58. The minimum absolute atomic E-state index is 0.0850. The highest BCUT2D eigenvalue weighted by molar-refractivity contribution is 6.22. The lowest BCUT2D eigenvalue weighted by Gasteiger charge is -2.19. The number of aromatic carboxylic acids is 1. The molecule has 1 aliphatic carbocycles. The van der Waals surface area contributed by atoms with Crippen LogP contribution in [0.15, 0.2) is 48.5 Å². The predicted octanol–water partition coefficient (Wildman–Crippen LogP) is 3.25. The van der Waals surface area contributed by atoms with Gasteiger partial charge in [0.05, 0.1) is 34.7 Å². The Morgan fingerprint density at radius 2 is 1.61 bits per heavy atom. The van der Waals surface area contributed by atoms with E-state index in [1.807, 2.05) is 13.0 Å². The van der Waals surface area contributed by atoms with E-state index in [0.29, 0.717) is 27.8 Å². The number of hydrogen-bond donors (Lipinski definition) is 0. The van der Waals surface area contributed by atoms with Crippen molar-refractivity contribution in [2.24, 2.45) is 11.8 Å². The zero-order valence-electron chi connectivity index (χ0n) is 17.1. The average Bonchev–Trinajstić information content (AvgIpc) is 3.03. The van der Waals surface area contributed by atoms with Gasteiger partial charge in [0.2, 0.25) is 11.8 Å². The molecule has 0 bridgehead atoms. The van der Waals surface area contributed by atoms with Crippen molar-refractivity contribution in [3.05, 3.63) is 59.7 Å². The Balaban J connectivity index is 1.51. The van der Waals surface area contributed by atoms with E-state index < -0.39 is 5.97 Å². The fourth-order valence-corrected chi connectivity index (χ4v) is 4.85. The molecule has 2 heterocycles. The number of aromatic nitrogens is 1. The van der Waals surface area contributed by atoms with E-state index in [9.17, 15) is 19.5 Å². The van der Waals surface area contributed by atoms with Crippen molar-refractivity contribution in [3.8, 4) is 11.3 Å². The lowest BCUT2D eigenvalue weighted by Crippen LogP contribution is -2.30. The number of carbonyl (C=O) groups is 3. The molecule has 2 atom stereocenters. The molecule has 6 heteroatoms. The first-order valence-corrected chi connectivity index (χ1v) is 10.5. The first-order valence-electron chi connectivity index (χ1n) is 10.5. The Morgan fingerprint density at radius 1 is 0.968 bits per heavy atom. The average molecular weight is 413 g/mol. The largest absolute Gasteiger partial charge is 0.545 e. The second kappa shape index (κ2) is 7.30. The number of carbonyl (C=O) groups excluding carboxylic acids is 3. The van der Waals surface area contributed by atoms with Gasteiger partial charge >= 0.3 is 0 Å². The molecule has 2 fully saturated rings. The van der Waals surface area contributed by atoms with Gasteiger partial charge in [-0.3, -0.25) is 14.5 Å². The number of anilines is 1. The Labute approximate surface area is 179 Å². The van der Waals surface area contributed by atoms with Crippen LogP contribution in [0.1, 0.15) is 41.6 Å². The summed E-state index contributed by atoms with van der Waals surface area (Å²) in [6.45, 7) is 1.89. The second-order valence-corrected chi connectivity index (χ2v) is 8.42. The summed E-state index contributed by atoms with van der Waals surface area (Å²) >= 11 is 0. The summed E-state index contributed by atoms with van der Waals surface area (Å²) in [4.78, 5) is 43.3. The van der Waals surface area contributed by atoms with Crippen molar-refractivity contribution in [2.45, 2.75) is 32.6 Å². The Hall–Kier alpha value is -3.54.